The monoisotopic (exact) mass is 367 g/mol. The van der Waals surface area contributed by atoms with Gasteiger partial charge in [-0.25, -0.2) is 4.98 Å². The van der Waals surface area contributed by atoms with Crippen LogP contribution in [0.2, 0.25) is 5.02 Å². The second-order valence-electron chi connectivity index (χ2n) is 4.37. The molecule has 4 nitrogen and oxygen atoms in total. The van der Waals surface area contributed by atoms with Crippen LogP contribution in [0, 0.1) is 0 Å². The molecular weight excluding hydrogens is 354 g/mol. The summed E-state index contributed by atoms with van der Waals surface area (Å²) in [6, 6.07) is 11.2. The number of anilines is 1. The Bertz CT molecular complexity index is 649. The van der Waals surface area contributed by atoms with Gasteiger partial charge in [-0.3, -0.25) is 4.79 Å². The first-order valence-corrected chi connectivity index (χ1v) is 7.70. The summed E-state index contributed by atoms with van der Waals surface area (Å²) in [4.78, 5) is 16.4. The van der Waals surface area contributed by atoms with Crippen molar-refractivity contribution in [2.45, 2.75) is 13.5 Å². The quantitative estimate of drug-likeness (QED) is 0.842. The zero-order valence-electron chi connectivity index (χ0n) is 11.5. The van der Waals surface area contributed by atoms with Crippen LogP contribution in [0.4, 0.5) is 5.82 Å². The first kappa shape index (κ1) is 15.8. The lowest BCUT2D eigenvalue weighted by Crippen LogP contribution is -2.24. The predicted molar refractivity (Wildman–Crippen MR) is 88.7 cm³/mol. The molecular formula is C15H15BrClN3O. The molecule has 6 heteroatoms. The molecule has 0 spiro atoms. The van der Waals surface area contributed by atoms with Crippen LogP contribution < -0.4 is 10.6 Å². The van der Waals surface area contributed by atoms with Gasteiger partial charge in [0, 0.05) is 17.6 Å². The second-order valence-corrected chi connectivity index (χ2v) is 5.69. The van der Waals surface area contributed by atoms with E-state index in [9.17, 15) is 4.79 Å². The number of halogens is 2. The molecule has 0 aliphatic rings. The van der Waals surface area contributed by atoms with Gasteiger partial charge in [-0.15, -0.1) is 0 Å². The molecule has 0 fully saturated rings. The topological polar surface area (TPSA) is 54.0 Å². The van der Waals surface area contributed by atoms with Crippen LogP contribution in [-0.2, 0) is 6.54 Å². The molecule has 0 saturated carbocycles. The highest BCUT2D eigenvalue weighted by Crippen LogP contribution is 2.17. The van der Waals surface area contributed by atoms with Gasteiger partial charge in [0.25, 0.3) is 5.91 Å². The largest absolute Gasteiger partial charge is 0.370 e. The number of carbonyl (C=O) groups is 1. The van der Waals surface area contributed by atoms with E-state index in [2.05, 4.69) is 31.5 Å². The molecule has 0 aliphatic carbocycles. The van der Waals surface area contributed by atoms with Crippen LogP contribution >= 0.6 is 27.5 Å². The summed E-state index contributed by atoms with van der Waals surface area (Å²) in [6.45, 7) is 3.11. The third-order valence-corrected chi connectivity index (χ3v) is 3.56. The van der Waals surface area contributed by atoms with Gasteiger partial charge in [0.2, 0.25) is 0 Å². The molecule has 1 amide bonds. The van der Waals surface area contributed by atoms with Gasteiger partial charge >= 0.3 is 0 Å². The maximum absolute atomic E-state index is 12.2. The number of nitrogens with one attached hydrogen (secondary N) is 2. The normalized spacial score (nSPS) is 10.2. The van der Waals surface area contributed by atoms with Crippen molar-refractivity contribution in [1.82, 2.24) is 10.3 Å². The fourth-order valence-electron chi connectivity index (χ4n) is 1.79. The van der Waals surface area contributed by atoms with Crippen LogP contribution in [0.5, 0.6) is 0 Å². The van der Waals surface area contributed by atoms with E-state index >= 15 is 0 Å². The van der Waals surface area contributed by atoms with Gasteiger partial charge in [0.15, 0.2) is 0 Å². The Labute approximate surface area is 137 Å². The summed E-state index contributed by atoms with van der Waals surface area (Å²) in [5.74, 6) is 0.342. The Morgan fingerprint density at radius 1 is 1.33 bits per heavy atom. The van der Waals surface area contributed by atoms with Crippen LogP contribution in [0.1, 0.15) is 23.0 Å². The number of carbonyl (C=O) groups excluding carboxylic acids is 1. The summed E-state index contributed by atoms with van der Waals surface area (Å²) >= 11 is 9.44. The van der Waals surface area contributed by atoms with E-state index < -0.39 is 0 Å². The SMILES string of the molecule is CCNc1ccc(Cl)c(C(=O)NCc2cccc(Br)c2)n1. The molecule has 1 aromatic carbocycles. The number of amides is 1. The van der Waals surface area contributed by atoms with Crippen molar-refractivity contribution in [1.29, 1.82) is 0 Å². The zero-order valence-corrected chi connectivity index (χ0v) is 13.8. The van der Waals surface area contributed by atoms with Crippen molar-refractivity contribution in [2.24, 2.45) is 0 Å². The van der Waals surface area contributed by atoms with Crippen molar-refractivity contribution in [3.05, 3.63) is 57.2 Å². The fourth-order valence-corrected chi connectivity index (χ4v) is 2.43. The smallest absolute Gasteiger partial charge is 0.271 e. The minimum atomic E-state index is -0.292. The summed E-state index contributed by atoms with van der Waals surface area (Å²) in [5.41, 5.74) is 1.22. The minimum Gasteiger partial charge on any atom is -0.370 e. The predicted octanol–water partition coefficient (Wildman–Crippen LogP) is 3.86. The molecule has 1 heterocycles. The highest BCUT2D eigenvalue weighted by molar-refractivity contribution is 9.10. The lowest BCUT2D eigenvalue weighted by Gasteiger charge is -2.09. The molecule has 2 rings (SSSR count). The van der Waals surface area contributed by atoms with E-state index in [1.165, 1.54) is 0 Å². The van der Waals surface area contributed by atoms with Crippen molar-refractivity contribution in [3.8, 4) is 0 Å². The van der Waals surface area contributed by atoms with Crippen molar-refractivity contribution in [3.63, 3.8) is 0 Å². The molecule has 0 radical (unpaired) electrons. The highest BCUT2D eigenvalue weighted by atomic mass is 79.9. The summed E-state index contributed by atoms with van der Waals surface area (Å²) in [6.07, 6.45) is 0. The first-order chi connectivity index (χ1) is 10.1. The Morgan fingerprint density at radius 3 is 2.86 bits per heavy atom. The van der Waals surface area contributed by atoms with Crippen molar-refractivity contribution >= 4 is 39.3 Å². The molecule has 21 heavy (non-hydrogen) atoms. The average molecular weight is 369 g/mol. The third-order valence-electron chi connectivity index (χ3n) is 2.76. The standard InChI is InChI=1S/C15H15BrClN3O/c1-2-18-13-7-6-12(17)14(20-13)15(21)19-9-10-4-3-5-11(16)8-10/h3-8H,2,9H2,1H3,(H,18,20)(H,19,21). The van der Waals surface area contributed by atoms with E-state index in [0.29, 0.717) is 17.4 Å². The lowest BCUT2D eigenvalue weighted by molar-refractivity contribution is 0.0946. The minimum absolute atomic E-state index is 0.227. The van der Waals surface area contributed by atoms with E-state index in [4.69, 9.17) is 11.6 Å². The van der Waals surface area contributed by atoms with Gasteiger partial charge in [-0.1, -0.05) is 39.7 Å². The van der Waals surface area contributed by atoms with Gasteiger partial charge in [0.1, 0.15) is 11.5 Å². The van der Waals surface area contributed by atoms with Gasteiger partial charge in [0.05, 0.1) is 5.02 Å². The Morgan fingerprint density at radius 2 is 2.14 bits per heavy atom. The maximum atomic E-state index is 12.2. The third kappa shape index (κ3) is 4.44. The maximum Gasteiger partial charge on any atom is 0.271 e. The van der Waals surface area contributed by atoms with Gasteiger partial charge in [-0.05, 0) is 36.8 Å². The Balaban J connectivity index is 2.07. The summed E-state index contributed by atoms with van der Waals surface area (Å²) in [7, 11) is 0. The van der Waals surface area contributed by atoms with Crippen LogP contribution in [0.25, 0.3) is 0 Å². The lowest BCUT2D eigenvalue weighted by atomic mass is 10.2. The number of pyridine rings is 1. The van der Waals surface area contributed by atoms with Crippen LogP contribution in [0.3, 0.4) is 0 Å². The van der Waals surface area contributed by atoms with Crippen LogP contribution in [-0.4, -0.2) is 17.4 Å². The molecule has 0 bridgehead atoms. The van der Waals surface area contributed by atoms with Crippen molar-refractivity contribution in [2.75, 3.05) is 11.9 Å². The Hall–Kier alpha value is -1.59. The summed E-state index contributed by atoms with van der Waals surface area (Å²) < 4.78 is 0.972. The van der Waals surface area contributed by atoms with Crippen LogP contribution in [0.15, 0.2) is 40.9 Å². The number of rotatable bonds is 5. The number of aromatic nitrogens is 1. The van der Waals surface area contributed by atoms with Crippen molar-refractivity contribution < 1.29 is 4.79 Å². The number of hydrogen-bond donors (Lipinski definition) is 2. The average Bonchev–Trinajstić information content (AvgIpc) is 2.47. The molecule has 0 saturated heterocycles. The summed E-state index contributed by atoms with van der Waals surface area (Å²) in [5, 5.41) is 6.21. The molecule has 2 N–H and O–H groups in total. The number of benzene rings is 1. The first-order valence-electron chi connectivity index (χ1n) is 6.53. The molecule has 1 aromatic heterocycles. The number of nitrogens with zero attached hydrogens (tertiary/aromatic N) is 1. The van der Waals surface area contributed by atoms with E-state index in [1.807, 2.05) is 31.2 Å². The second kappa shape index (κ2) is 7.43. The molecule has 2 aromatic rings. The highest BCUT2D eigenvalue weighted by Gasteiger charge is 2.13. The molecule has 110 valence electrons. The van der Waals surface area contributed by atoms with E-state index in [1.54, 1.807) is 12.1 Å². The van der Waals surface area contributed by atoms with E-state index in [-0.39, 0.29) is 11.6 Å². The van der Waals surface area contributed by atoms with Gasteiger partial charge in [-0.2, -0.15) is 0 Å². The zero-order chi connectivity index (χ0) is 15.2. The van der Waals surface area contributed by atoms with Gasteiger partial charge < -0.3 is 10.6 Å². The molecule has 0 aliphatic heterocycles. The fraction of sp³-hybridized carbons (Fsp3) is 0.200. The molecule has 0 atom stereocenters. The molecule has 0 unspecified atom stereocenters. The van der Waals surface area contributed by atoms with E-state index in [0.717, 1.165) is 16.6 Å². The number of hydrogen-bond acceptors (Lipinski definition) is 3. The Kier molecular flexibility index (Phi) is 5.59.